The van der Waals surface area contributed by atoms with Gasteiger partial charge in [-0.15, -0.1) is 0 Å². The lowest BCUT2D eigenvalue weighted by atomic mass is 9.93. The summed E-state index contributed by atoms with van der Waals surface area (Å²) in [7, 11) is 0. The van der Waals surface area contributed by atoms with E-state index in [1.54, 1.807) is 50.2 Å². The number of hydrogen-bond acceptors (Lipinski definition) is 2. The first-order chi connectivity index (χ1) is 9.94. The fourth-order valence-electron chi connectivity index (χ4n) is 2.23. The van der Waals surface area contributed by atoms with Gasteiger partial charge in [-0.05, 0) is 37.6 Å². The van der Waals surface area contributed by atoms with Gasteiger partial charge in [-0.3, -0.25) is 4.79 Å². The van der Waals surface area contributed by atoms with E-state index in [4.69, 9.17) is 5.73 Å². The van der Waals surface area contributed by atoms with Crippen LogP contribution in [0.25, 0.3) is 0 Å². The van der Waals surface area contributed by atoms with E-state index in [9.17, 15) is 9.18 Å². The molecule has 0 bridgehead atoms. The van der Waals surface area contributed by atoms with Crippen molar-refractivity contribution in [3.8, 4) is 0 Å². The Bertz CT molecular complexity index is 653. The Hall–Kier alpha value is -2.20. The summed E-state index contributed by atoms with van der Waals surface area (Å²) in [5, 5.41) is 2.86. The monoisotopic (exact) mass is 286 g/mol. The quantitative estimate of drug-likeness (QED) is 0.908. The molecule has 2 aromatic rings. The zero-order valence-corrected chi connectivity index (χ0v) is 12.2. The lowest BCUT2D eigenvalue weighted by Gasteiger charge is -2.27. The Morgan fingerprint density at radius 1 is 1.19 bits per heavy atom. The Kier molecular flexibility index (Phi) is 4.38. The van der Waals surface area contributed by atoms with Crippen molar-refractivity contribution >= 4 is 5.91 Å². The van der Waals surface area contributed by atoms with Gasteiger partial charge in [0.05, 0.1) is 5.54 Å². The normalized spacial score (nSPS) is 11.2. The fourth-order valence-corrected chi connectivity index (χ4v) is 2.23. The van der Waals surface area contributed by atoms with E-state index in [1.807, 2.05) is 6.07 Å². The molecule has 2 aromatic carbocycles. The first-order valence-corrected chi connectivity index (χ1v) is 6.80. The van der Waals surface area contributed by atoms with Crippen LogP contribution in [0.5, 0.6) is 0 Å². The van der Waals surface area contributed by atoms with Crippen LogP contribution >= 0.6 is 0 Å². The van der Waals surface area contributed by atoms with Crippen LogP contribution in [0, 0.1) is 5.82 Å². The third-order valence-corrected chi connectivity index (χ3v) is 3.40. The van der Waals surface area contributed by atoms with Crippen LogP contribution < -0.4 is 11.1 Å². The Morgan fingerprint density at radius 3 is 2.57 bits per heavy atom. The molecule has 1 amide bonds. The summed E-state index contributed by atoms with van der Waals surface area (Å²) in [6.07, 6.45) is 0. The molecule has 0 aliphatic heterocycles. The highest BCUT2D eigenvalue weighted by atomic mass is 19.1. The minimum absolute atomic E-state index is 0.251. The van der Waals surface area contributed by atoms with Crippen molar-refractivity contribution in [1.29, 1.82) is 0 Å². The van der Waals surface area contributed by atoms with Crippen molar-refractivity contribution in [3.05, 3.63) is 71.0 Å². The second-order valence-electron chi connectivity index (χ2n) is 5.46. The number of benzene rings is 2. The molecule has 0 fully saturated rings. The topological polar surface area (TPSA) is 55.1 Å². The molecular formula is C17H19FN2O. The lowest BCUT2D eigenvalue weighted by molar-refractivity contribution is 0.0910. The van der Waals surface area contributed by atoms with Crippen molar-refractivity contribution in [2.24, 2.45) is 5.73 Å². The highest BCUT2D eigenvalue weighted by molar-refractivity contribution is 5.94. The van der Waals surface area contributed by atoms with Gasteiger partial charge in [-0.25, -0.2) is 4.39 Å². The first-order valence-electron chi connectivity index (χ1n) is 6.80. The van der Waals surface area contributed by atoms with E-state index < -0.39 is 5.54 Å². The summed E-state index contributed by atoms with van der Waals surface area (Å²) in [6.45, 7) is 3.92. The molecule has 0 aromatic heterocycles. The number of nitrogens with two attached hydrogens (primary N) is 1. The average molecular weight is 286 g/mol. The Morgan fingerprint density at radius 2 is 1.90 bits per heavy atom. The number of nitrogens with one attached hydrogen (secondary N) is 1. The second kappa shape index (κ2) is 6.06. The molecule has 0 atom stereocenters. The van der Waals surface area contributed by atoms with Gasteiger partial charge >= 0.3 is 0 Å². The molecule has 3 N–H and O–H groups in total. The minimum Gasteiger partial charge on any atom is -0.343 e. The third-order valence-electron chi connectivity index (χ3n) is 3.40. The first kappa shape index (κ1) is 15.2. The predicted octanol–water partition coefficient (Wildman–Crippen LogP) is 2.95. The summed E-state index contributed by atoms with van der Waals surface area (Å²) in [6, 6.07) is 13.5. The molecule has 110 valence electrons. The Balaban J connectivity index is 2.23. The highest BCUT2D eigenvalue weighted by Crippen LogP contribution is 2.23. The van der Waals surface area contributed by atoms with E-state index in [0.29, 0.717) is 17.7 Å². The largest absolute Gasteiger partial charge is 0.343 e. The van der Waals surface area contributed by atoms with Crippen molar-refractivity contribution in [2.45, 2.75) is 25.9 Å². The summed E-state index contributed by atoms with van der Waals surface area (Å²) in [5.41, 5.74) is 6.62. The van der Waals surface area contributed by atoms with Gasteiger partial charge in [0, 0.05) is 17.7 Å². The molecule has 0 radical (unpaired) electrons. The number of carbonyl (C=O) groups excluding carboxylic acids is 1. The van der Waals surface area contributed by atoms with Gasteiger partial charge in [0.25, 0.3) is 5.91 Å². The van der Waals surface area contributed by atoms with E-state index in [2.05, 4.69) is 5.32 Å². The van der Waals surface area contributed by atoms with E-state index in [1.165, 1.54) is 6.07 Å². The van der Waals surface area contributed by atoms with Crippen LogP contribution in [0.2, 0.25) is 0 Å². The number of carbonyl (C=O) groups is 1. The summed E-state index contributed by atoms with van der Waals surface area (Å²) >= 11 is 0. The molecule has 0 heterocycles. The lowest BCUT2D eigenvalue weighted by Crippen LogP contribution is -2.41. The van der Waals surface area contributed by atoms with E-state index in [0.717, 1.165) is 5.56 Å². The van der Waals surface area contributed by atoms with Crippen LogP contribution in [0.3, 0.4) is 0 Å². The maximum atomic E-state index is 13.9. The summed E-state index contributed by atoms with van der Waals surface area (Å²) in [4.78, 5) is 12.3. The fraction of sp³-hybridized carbons (Fsp3) is 0.235. The maximum Gasteiger partial charge on any atom is 0.251 e. The second-order valence-corrected chi connectivity index (χ2v) is 5.46. The van der Waals surface area contributed by atoms with Gasteiger partial charge in [0.15, 0.2) is 0 Å². The zero-order chi connectivity index (χ0) is 15.5. The van der Waals surface area contributed by atoms with Crippen molar-refractivity contribution in [2.75, 3.05) is 0 Å². The highest BCUT2D eigenvalue weighted by Gasteiger charge is 2.26. The van der Waals surface area contributed by atoms with Crippen LogP contribution in [-0.2, 0) is 12.1 Å². The maximum absolute atomic E-state index is 13.9. The number of hydrogen-bond donors (Lipinski definition) is 2. The molecule has 0 saturated heterocycles. The van der Waals surface area contributed by atoms with Gasteiger partial charge < -0.3 is 11.1 Å². The molecule has 0 spiro atoms. The molecule has 4 heteroatoms. The molecule has 3 nitrogen and oxygen atoms in total. The van der Waals surface area contributed by atoms with Crippen LogP contribution in [0.15, 0.2) is 48.5 Å². The van der Waals surface area contributed by atoms with Crippen molar-refractivity contribution < 1.29 is 9.18 Å². The number of amides is 1. The minimum atomic E-state index is -0.804. The van der Waals surface area contributed by atoms with Crippen LogP contribution in [0.1, 0.15) is 35.3 Å². The number of halogens is 1. The van der Waals surface area contributed by atoms with E-state index in [-0.39, 0.29) is 11.7 Å². The van der Waals surface area contributed by atoms with Crippen molar-refractivity contribution in [3.63, 3.8) is 0 Å². The van der Waals surface area contributed by atoms with E-state index >= 15 is 0 Å². The SMILES string of the molecule is CC(C)(NC(=O)c1cccc(CN)c1)c1ccccc1F. The molecule has 0 saturated carbocycles. The Labute approximate surface area is 124 Å². The van der Waals surface area contributed by atoms with Gasteiger partial charge in [-0.1, -0.05) is 30.3 Å². The molecule has 21 heavy (non-hydrogen) atoms. The summed E-state index contributed by atoms with van der Waals surface area (Å²) in [5.74, 6) is -0.586. The standard InChI is InChI=1S/C17H19FN2O/c1-17(2,14-8-3-4-9-15(14)18)20-16(21)13-7-5-6-12(10-13)11-19/h3-10H,11,19H2,1-2H3,(H,20,21). The van der Waals surface area contributed by atoms with Gasteiger partial charge in [0.1, 0.15) is 5.82 Å². The number of rotatable bonds is 4. The molecule has 2 rings (SSSR count). The molecule has 0 aliphatic carbocycles. The van der Waals surface area contributed by atoms with Gasteiger partial charge in [0.2, 0.25) is 0 Å². The zero-order valence-electron chi connectivity index (χ0n) is 12.2. The van der Waals surface area contributed by atoms with Gasteiger partial charge in [-0.2, -0.15) is 0 Å². The van der Waals surface area contributed by atoms with Crippen LogP contribution in [0.4, 0.5) is 4.39 Å². The predicted molar refractivity (Wildman–Crippen MR) is 81.2 cm³/mol. The molecule has 0 unspecified atom stereocenters. The third kappa shape index (κ3) is 3.47. The molecule has 0 aliphatic rings. The molecular weight excluding hydrogens is 267 g/mol. The summed E-state index contributed by atoms with van der Waals surface area (Å²) < 4.78 is 13.9. The smallest absolute Gasteiger partial charge is 0.251 e. The van der Waals surface area contributed by atoms with Crippen molar-refractivity contribution in [1.82, 2.24) is 5.32 Å². The van der Waals surface area contributed by atoms with Crippen LogP contribution in [-0.4, -0.2) is 5.91 Å². The average Bonchev–Trinajstić information content (AvgIpc) is 2.47.